The molecule has 2 aromatic rings. The average molecular weight is 315 g/mol. The average Bonchev–Trinajstić information content (AvgIpc) is 2.58. The van der Waals surface area contributed by atoms with Crippen molar-refractivity contribution in [2.45, 2.75) is 51.4 Å². The van der Waals surface area contributed by atoms with E-state index in [2.05, 4.69) is 31.8 Å². The second-order valence-corrected chi connectivity index (χ2v) is 10.4. The first kappa shape index (κ1) is 16.8. The normalized spacial score (nSPS) is 13.2. The van der Waals surface area contributed by atoms with Crippen molar-refractivity contribution in [3.63, 3.8) is 0 Å². The molecule has 0 aliphatic carbocycles. The Hall–Kier alpha value is -1.52. The molecule has 0 amide bonds. The van der Waals surface area contributed by atoms with Crippen molar-refractivity contribution in [1.29, 1.82) is 0 Å². The first-order chi connectivity index (χ1) is 10.7. The lowest BCUT2D eigenvalue weighted by atomic mass is 10.0. The van der Waals surface area contributed by atoms with Gasteiger partial charge < -0.3 is 9.22 Å². The highest BCUT2D eigenvalue weighted by Crippen LogP contribution is 2.32. The van der Waals surface area contributed by atoms with Gasteiger partial charge in [-0.2, -0.15) is 0 Å². The van der Waals surface area contributed by atoms with Crippen LogP contribution in [0.4, 0.5) is 0 Å². The standard InChI is InChI=1S/C18H25NO2Si/c1-4-22(5-2,6-3)21-18(11-13-20)16-9-10-17-15(14-16)8-7-12-19-17/h7-10,12-14,18H,4-6,11H2,1-3H3/t18-/m0/s1. The van der Waals surface area contributed by atoms with Crippen LogP contribution in [0.2, 0.25) is 18.1 Å². The maximum atomic E-state index is 11.1. The van der Waals surface area contributed by atoms with E-state index in [1.54, 1.807) is 6.20 Å². The van der Waals surface area contributed by atoms with Gasteiger partial charge in [-0.15, -0.1) is 0 Å². The SMILES string of the molecule is CC[Si](CC)(CC)O[C@@H](CC=O)c1ccc2ncccc2c1. The monoisotopic (exact) mass is 315 g/mol. The largest absolute Gasteiger partial charge is 0.410 e. The molecule has 0 bridgehead atoms. The number of hydrogen-bond donors (Lipinski definition) is 0. The van der Waals surface area contributed by atoms with Crippen LogP contribution in [-0.2, 0) is 9.22 Å². The van der Waals surface area contributed by atoms with Gasteiger partial charge in [0.25, 0.3) is 0 Å². The Morgan fingerprint density at radius 2 is 1.91 bits per heavy atom. The third-order valence-electron chi connectivity index (χ3n) is 4.63. The number of fused-ring (bicyclic) bond motifs is 1. The number of pyridine rings is 1. The fourth-order valence-electron chi connectivity index (χ4n) is 2.94. The molecule has 1 atom stereocenters. The molecule has 0 saturated heterocycles. The van der Waals surface area contributed by atoms with Crippen molar-refractivity contribution >= 4 is 25.5 Å². The van der Waals surface area contributed by atoms with E-state index in [0.717, 1.165) is 40.9 Å². The van der Waals surface area contributed by atoms with Crippen LogP contribution in [0.3, 0.4) is 0 Å². The molecule has 0 N–H and O–H groups in total. The predicted octanol–water partition coefficient (Wildman–Crippen LogP) is 4.89. The van der Waals surface area contributed by atoms with Crippen LogP contribution < -0.4 is 0 Å². The van der Waals surface area contributed by atoms with Gasteiger partial charge in [0, 0.05) is 18.0 Å². The topological polar surface area (TPSA) is 39.2 Å². The second-order valence-electron chi connectivity index (χ2n) is 5.71. The van der Waals surface area contributed by atoms with Crippen LogP contribution in [0.1, 0.15) is 38.9 Å². The van der Waals surface area contributed by atoms with Crippen molar-refractivity contribution in [3.8, 4) is 0 Å². The zero-order chi connectivity index (χ0) is 16.0. The Kier molecular flexibility index (Phi) is 5.86. The van der Waals surface area contributed by atoms with Crippen molar-refractivity contribution < 1.29 is 9.22 Å². The molecule has 0 spiro atoms. The van der Waals surface area contributed by atoms with Crippen molar-refractivity contribution in [2.24, 2.45) is 0 Å². The summed E-state index contributed by atoms with van der Waals surface area (Å²) in [6.45, 7) is 6.63. The number of hydrogen-bond acceptors (Lipinski definition) is 3. The molecule has 0 radical (unpaired) electrons. The lowest BCUT2D eigenvalue weighted by molar-refractivity contribution is -0.109. The summed E-state index contributed by atoms with van der Waals surface area (Å²) in [6.07, 6.45) is 3.05. The molecule has 3 nitrogen and oxygen atoms in total. The number of nitrogens with zero attached hydrogens (tertiary/aromatic N) is 1. The van der Waals surface area contributed by atoms with E-state index < -0.39 is 8.32 Å². The van der Waals surface area contributed by atoms with Gasteiger partial charge in [0.1, 0.15) is 6.29 Å². The maximum Gasteiger partial charge on any atom is 0.192 e. The number of rotatable bonds is 8. The summed E-state index contributed by atoms with van der Waals surface area (Å²) in [5.74, 6) is 0. The summed E-state index contributed by atoms with van der Waals surface area (Å²) >= 11 is 0. The summed E-state index contributed by atoms with van der Waals surface area (Å²) in [5, 5.41) is 1.09. The maximum absolute atomic E-state index is 11.1. The van der Waals surface area contributed by atoms with Gasteiger partial charge in [-0.1, -0.05) is 32.9 Å². The molecule has 118 valence electrons. The third-order valence-corrected chi connectivity index (χ3v) is 9.28. The lowest BCUT2D eigenvalue weighted by Crippen LogP contribution is -2.37. The highest BCUT2D eigenvalue weighted by atomic mass is 28.4. The molecule has 0 saturated carbocycles. The summed E-state index contributed by atoms with van der Waals surface area (Å²) in [7, 11) is -1.74. The Balaban J connectivity index is 2.34. The zero-order valence-electron chi connectivity index (χ0n) is 13.7. The van der Waals surface area contributed by atoms with Gasteiger partial charge in [-0.05, 0) is 41.9 Å². The van der Waals surface area contributed by atoms with Gasteiger partial charge in [0.05, 0.1) is 11.6 Å². The molecule has 2 rings (SSSR count). The van der Waals surface area contributed by atoms with E-state index in [-0.39, 0.29) is 6.10 Å². The van der Waals surface area contributed by atoms with Crippen LogP contribution >= 0.6 is 0 Å². The van der Waals surface area contributed by atoms with Gasteiger partial charge in [0.15, 0.2) is 8.32 Å². The number of carbonyl (C=O) groups excluding carboxylic acids is 1. The van der Waals surface area contributed by atoms with Crippen LogP contribution in [0, 0.1) is 0 Å². The molecule has 1 heterocycles. The van der Waals surface area contributed by atoms with Crippen molar-refractivity contribution in [2.75, 3.05) is 0 Å². The number of carbonyl (C=O) groups is 1. The quantitative estimate of drug-likeness (QED) is 0.514. The molecule has 0 aliphatic rings. The Labute approximate surface area is 133 Å². The van der Waals surface area contributed by atoms with Gasteiger partial charge in [-0.3, -0.25) is 4.98 Å². The first-order valence-electron chi connectivity index (χ1n) is 8.14. The van der Waals surface area contributed by atoms with E-state index in [9.17, 15) is 4.79 Å². The van der Waals surface area contributed by atoms with E-state index in [4.69, 9.17) is 4.43 Å². The summed E-state index contributed by atoms with van der Waals surface area (Å²) in [4.78, 5) is 15.5. The Bertz CT molecular complexity index is 617. The second kappa shape index (κ2) is 7.65. The molecule has 0 aliphatic heterocycles. The Morgan fingerprint density at radius 1 is 1.18 bits per heavy atom. The van der Waals surface area contributed by atoms with Gasteiger partial charge in [0.2, 0.25) is 0 Å². The minimum atomic E-state index is -1.74. The molecule has 1 aromatic heterocycles. The molecule has 0 unspecified atom stereocenters. The smallest absolute Gasteiger partial charge is 0.192 e. The van der Waals surface area contributed by atoms with Crippen LogP contribution in [0.15, 0.2) is 36.5 Å². The van der Waals surface area contributed by atoms with Crippen molar-refractivity contribution in [1.82, 2.24) is 4.98 Å². The van der Waals surface area contributed by atoms with Gasteiger partial charge >= 0.3 is 0 Å². The highest BCUT2D eigenvalue weighted by Gasteiger charge is 2.32. The lowest BCUT2D eigenvalue weighted by Gasteiger charge is -2.33. The van der Waals surface area contributed by atoms with Gasteiger partial charge in [-0.25, -0.2) is 0 Å². The number of aromatic nitrogens is 1. The third kappa shape index (κ3) is 3.62. The van der Waals surface area contributed by atoms with E-state index >= 15 is 0 Å². The molecular weight excluding hydrogens is 290 g/mol. The van der Waals surface area contributed by atoms with E-state index in [1.807, 2.05) is 24.3 Å². The minimum absolute atomic E-state index is 0.131. The molecule has 4 heteroatoms. The van der Waals surface area contributed by atoms with E-state index in [1.165, 1.54) is 0 Å². The summed E-state index contributed by atoms with van der Waals surface area (Å²) < 4.78 is 6.55. The number of aldehydes is 1. The molecular formula is C18H25NO2Si. The zero-order valence-corrected chi connectivity index (χ0v) is 14.7. The van der Waals surface area contributed by atoms with Crippen LogP contribution in [0.5, 0.6) is 0 Å². The molecule has 1 aromatic carbocycles. The summed E-state index contributed by atoms with van der Waals surface area (Å²) in [5.41, 5.74) is 2.06. The fraction of sp³-hybridized carbons (Fsp3) is 0.444. The van der Waals surface area contributed by atoms with Crippen molar-refractivity contribution in [3.05, 3.63) is 42.1 Å². The minimum Gasteiger partial charge on any atom is -0.410 e. The Morgan fingerprint density at radius 3 is 2.55 bits per heavy atom. The fourth-order valence-corrected chi connectivity index (χ4v) is 5.77. The predicted molar refractivity (Wildman–Crippen MR) is 93.4 cm³/mol. The van der Waals surface area contributed by atoms with E-state index in [0.29, 0.717) is 6.42 Å². The number of benzene rings is 1. The molecule has 22 heavy (non-hydrogen) atoms. The van der Waals surface area contributed by atoms with Crippen LogP contribution in [0.25, 0.3) is 10.9 Å². The van der Waals surface area contributed by atoms with Crippen LogP contribution in [-0.4, -0.2) is 19.6 Å². The first-order valence-corrected chi connectivity index (χ1v) is 10.7. The highest BCUT2D eigenvalue weighted by molar-refractivity contribution is 6.73. The summed E-state index contributed by atoms with van der Waals surface area (Å²) in [6, 6.07) is 13.4. The molecule has 0 fully saturated rings.